The monoisotopic (exact) mass is 151 g/mol. The van der Waals surface area contributed by atoms with Crippen LogP contribution in [0.3, 0.4) is 0 Å². The molecule has 0 aliphatic heterocycles. The van der Waals surface area contributed by atoms with Crippen molar-refractivity contribution in [2.75, 3.05) is 0 Å². The third-order valence-corrected chi connectivity index (χ3v) is 2.14. The number of aromatic nitrogens is 1. The normalized spacial score (nSPS) is 17.2. The summed E-state index contributed by atoms with van der Waals surface area (Å²) in [4.78, 5) is 0. The molecule has 2 heteroatoms. The van der Waals surface area contributed by atoms with Crippen LogP contribution in [0.1, 0.15) is 18.9 Å². The minimum Gasteiger partial charge on any atom is -0.187 e. The Kier molecular flexibility index (Phi) is 1.34. The summed E-state index contributed by atoms with van der Waals surface area (Å²) in [7, 11) is 0. The van der Waals surface area contributed by atoms with Gasteiger partial charge in [-0.15, -0.1) is 0 Å². The van der Waals surface area contributed by atoms with Crippen molar-refractivity contribution < 1.29 is 4.57 Å². The molecule has 0 saturated heterocycles. The number of pyridine rings is 1. The second-order valence-electron chi connectivity index (χ2n) is 2.68. The molecule has 0 amide bonds. The smallest absolute Gasteiger partial charge is 0.187 e. The topological polar surface area (TPSA) is 3.88 Å². The van der Waals surface area contributed by atoms with Crippen molar-refractivity contribution in [3.05, 3.63) is 24.4 Å². The molecule has 1 aromatic heterocycles. The van der Waals surface area contributed by atoms with E-state index in [-0.39, 0.29) is 0 Å². The van der Waals surface area contributed by atoms with Crippen molar-refractivity contribution in [3.8, 4) is 0 Å². The summed E-state index contributed by atoms with van der Waals surface area (Å²) in [6.07, 6.45) is 4.68. The summed E-state index contributed by atoms with van der Waals surface area (Å²) in [5, 5.41) is 0.963. The zero-order chi connectivity index (χ0) is 6.97. The molecule has 1 nitrogen and oxygen atoms in total. The Labute approximate surface area is 66.1 Å². The van der Waals surface area contributed by atoms with Gasteiger partial charge in [-0.25, -0.2) is 0 Å². The van der Waals surface area contributed by atoms with E-state index in [1.807, 2.05) is 18.2 Å². The van der Waals surface area contributed by atoms with E-state index in [0.717, 1.165) is 5.03 Å². The summed E-state index contributed by atoms with van der Waals surface area (Å²) in [5.41, 5.74) is 0. The van der Waals surface area contributed by atoms with E-state index in [0.29, 0.717) is 6.04 Å². The van der Waals surface area contributed by atoms with Crippen LogP contribution in [0.5, 0.6) is 0 Å². The molecule has 1 fully saturated rings. The highest BCUT2D eigenvalue weighted by Gasteiger charge is 2.32. The predicted molar refractivity (Wildman–Crippen MR) is 40.8 cm³/mol. The largest absolute Gasteiger partial charge is 0.271 e. The van der Waals surface area contributed by atoms with Gasteiger partial charge in [-0.05, 0) is 18.7 Å². The van der Waals surface area contributed by atoms with E-state index in [1.54, 1.807) is 0 Å². The van der Waals surface area contributed by atoms with Gasteiger partial charge in [0, 0.05) is 25.0 Å². The van der Waals surface area contributed by atoms with Crippen molar-refractivity contribution >= 4 is 12.6 Å². The van der Waals surface area contributed by atoms with E-state index in [4.69, 9.17) is 12.6 Å². The first kappa shape index (κ1) is 6.10. The summed E-state index contributed by atoms with van der Waals surface area (Å²) < 4.78 is 2.18. The molecule has 2 rings (SSSR count). The van der Waals surface area contributed by atoms with Crippen LogP contribution in [-0.2, 0) is 0 Å². The lowest BCUT2D eigenvalue weighted by Crippen LogP contribution is -2.33. The van der Waals surface area contributed by atoms with Gasteiger partial charge in [-0.2, -0.15) is 4.57 Å². The lowest BCUT2D eigenvalue weighted by atomic mass is 10.5. The molecule has 1 radical (unpaired) electrons. The van der Waals surface area contributed by atoms with Crippen LogP contribution in [0.25, 0.3) is 0 Å². The molecule has 1 aromatic rings. The van der Waals surface area contributed by atoms with Crippen molar-refractivity contribution in [1.82, 2.24) is 0 Å². The fourth-order valence-corrected chi connectivity index (χ4v) is 1.38. The Bertz CT molecular complexity index is 243. The van der Waals surface area contributed by atoms with Crippen LogP contribution in [0.2, 0.25) is 0 Å². The van der Waals surface area contributed by atoms with Crippen LogP contribution in [0, 0.1) is 0 Å². The third kappa shape index (κ3) is 0.991. The molecule has 0 N–H and O–H groups in total. The fraction of sp³-hybridized carbons (Fsp3) is 0.375. The first-order valence-electron chi connectivity index (χ1n) is 3.55. The Balaban J connectivity index is 2.39. The molecule has 1 saturated carbocycles. The van der Waals surface area contributed by atoms with Gasteiger partial charge < -0.3 is 0 Å². The molecule has 1 aliphatic carbocycles. The van der Waals surface area contributed by atoms with Gasteiger partial charge in [0.2, 0.25) is 0 Å². The first-order chi connectivity index (χ1) is 4.88. The number of hydrogen-bond acceptors (Lipinski definition) is 0. The van der Waals surface area contributed by atoms with Crippen LogP contribution < -0.4 is 4.57 Å². The quantitative estimate of drug-likeness (QED) is 0.539. The zero-order valence-electron chi connectivity index (χ0n) is 5.66. The molecule has 1 aliphatic rings. The average molecular weight is 151 g/mol. The maximum Gasteiger partial charge on any atom is 0.271 e. The minimum absolute atomic E-state index is 0.716. The number of rotatable bonds is 1. The van der Waals surface area contributed by atoms with Gasteiger partial charge >= 0.3 is 0 Å². The van der Waals surface area contributed by atoms with E-state index in [1.165, 1.54) is 12.8 Å². The molecule has 0 bridgehead atoms. The van der Waals surface area contributed by atoms with E-state index in [2.05, 4.69) is 10.8 Å². The van der Waals surface area contributed by atoms with Crippen LogP contribution in [0.15, 0.2) is 29.4 Å². The maximum absolute atomic E-state index is 5.13. The highest BCUT2D eigenvalue weighted by Crippen LogP contribution is 2.29. The lowest BCUT2D eigenvalue weighted by Gasteiger charge is -1.92. The van der Waals surface area contributed by atoms with Crippen LogP contribution in [0.4, 0.5) is 0 Å². The summed E-state index contributed by atoms with van der Waals surface area (Å²) in [6.45, 7) is 0. The van der Waals surface area contributed by atoms with E-state index in [9.17, 15) is 0 Å². The fourth-order valence-electron chi connectivity index (χ4n) is 1.09. The Morgan fingerprint density at radius 1 is 1.40 bits per heavy atom. The molecular weight excluding hydrogens is 142 g/mol. The predicted octanol–water partition coefficient (Wildman–Crippen LogP) is 1.87. The molecular formula is C8H9NS+. The van der Waals surface area contributed by atoms with Crippen molar-refractivity contribution in [2.45, 2.75) is 23.9 Å². The Hall–Kier alpha value is -0.630. The van der Waals surface area contributed by atoms with Crippen molar-refractivity contribution in [2.24, 2.45) is 0 Å². The number of hydrogen-bond donors (Lipinski definition) is 0. The Morgan fingerprint density at radius 2 is 2.20 bits per heavy atom. The second-order valence-corrected chi connectivity index (χ2v) is 3.10. The van der Waals surface area contributed by atoms with E-state index >= 15 is 0 Å². The molecule has 10 heavy (non-hydrogen) atoms. The third-order valence-electron chi connectivity index (χ3n) is 1.79. The van der Waals surface area contributed by atoms with Gasteiger partial charge in [-0.3, -0.25) is 0 Å². The van der Waals surface area contributed by atoms with Gasteiger partial charge in [0.05, 0.1) is 0 Å². The molecule has 1 heterocycles. The van der Waals surface area contributed by atoms with Crippen molar-refractivity contribution in [1.29, 1.82) is 0 Å². The molecule has 0 spiro atoms. The highest BCUT2D eigenvalue weighted by molar-refractivity contribution is 7.80. The average Bonchev–Trinajstić information content (AvgIpc) is 2.71. The lowest BCUT2D eigenvalue weighted by molar-refractivity contribution is -0.735. The molecule has 51 valence electrons. The van der Waals surface area contributed by atoms with Gasteiger partial charge in [0.25, 0.3) is 5.03 Å². The minimum atomic E-state index is 0.716. The standard InChI is InChI=1S/C8H9NS/c10-8-3-1-2-6-9(8)7-4-5-7/h1-3,6-7H,4-5H2/q+1. The first-order valence-corrected chi connectivity index (χ1v) is 3.96. The Morgan fingerprint density at radius 3 is 2.80 bits per heavy atom. The zero-order valence-corrected chi connectivity index (χ0v) is 6.47. The van der Waals surface area contributed by atoms with Gasteiger partial charge in [0.1, 0.15) is 0 Å². The summed E-state index contributed by atoms with van der Waals surface area (Å²) >= 11 is 5.13. The van der Waals surface area contributed by atoms with Gasteiger partial charge in [-0.1, -0.05) is 0 Å². The number of nitrogens with zero attached hydrogens (tertiary/aromatic N) is 1. The van der Waals surface area contributed by atoms with Gasteiger partial charge in [0.15, 0.2) is 12.2 Å². The maximum atomic E-state index is 5.13. The van der Waals surface area contributed by atoms with Crippen LogP contribution in [-0.4, -0.2) is 0 Å². The van der Waals surface area contributed by atoms with E-state index < -0.39 is 0 Å². The summed E-state index contributed by atoms with van der Waals surface area (Å²) in [5.74, 6) is 0. The highest BCUT2D eigenvalue weighted by atomic mass is 32.1. The van der Waals surface area contributed by atoms with Crippen LogP contribution >= 0.6 is 12.6 Å². The SMILES string of the molecule is [S]c1cccc[n+]1C1CC1. The molecule has 0 unspecified atom stereocenters. The molecule has 0 atom stereocenters. The summed E-state index contributed by atoms with van der Waals surface area (Å²) in [6, 6.07) is 6.72. The molecule has 0 aromatic carbocycles. The second kappa shape index (κ2) is 2.20. The van der Waals surface area contributed by atoms with Crippen molar-refractivity contribution in [3.63, 3.8) is 0 Å².